The largest absolute Gasteiger partial charge is 0.345 e. The Morgan fingerprint density at radius 2 is 2.21 bits per heavy atom. The van der Waals surface area contributed by atoms with Crippen molar-refractivity contribution in [1.82, 2.24) is 4.90 Å². The topological polar surface area (TPSA) is 46.3 Å². The van der Waals surface area contributed by atoms with Crippen LogP contribution in [0.2, 0.25) is 0 Å². The Bertz CT molecular complexity index is 190. The summed E-state index contributed by atoms with van der Waals surface area (Å²) in [5, 5.41) is 0. The minimum atomic E-state index is 0.0501. The van der Waals surface area contributed by atoms with Crippen LogP contribution in [0, 0.1) is 5.92 Å². The maximum Gasteiger partial charge on any atom is 0.223 e. The monoisotopic (exact) mass is 198 g/mol. The summed E-state index contributed by atoms with van der Waals surface area (Å²) in [6, 6.07) is 0.0501. The van der Waals surface area contributed by atoms with Gasteiger partial charge in [-0.05, 0) is 25.2 Å². The van der Waals surface area contributed by atoms with Crippen LogP contribution in [0.25, 0.3) is 0 Å². The highest BCUT2D eigenvalue weighted by molar-refractivity contribution is 5.76. The smallest absolute Gasteiger partial charge is 0.223 e. The first kappa shape index (κ1) is 11.5. The molecule has 0 aromatic carbocycles. The number of rotatable bonds is 6. The number of carbonyl (C=O) groups is 1. The zero-order valence-electron chi connectivity index (χ0n) is 9.33. The number of nitrogens with zero attached hydrogens (tertiary/aromatic N) is 1. The fourth-order valence-corrected chi connectivity index (χ4v) is 1.64. The van der Waals surface area contributed by atoms with Gasteiger partial charge in [0.05, 0.1) is 0 Å². The number of nitrogens with two attached hydrogens (primary N) is 1. The van der Waals surface area contributed by atoms with Crippen molar-refractivity contribution >= 4 is 5.91 Å². The molecule has 0 heterocycles. The van der Waals surface area contributed by atoms with Crippen molar-refractivity contribution in [2.45, 2.75) is 45.1 Å². The van der Waals surface area contributed by atoms with Crippen LogP contribution in [0.15, 0.2) is 0 Å². The third-order valence-corrected chi connectivity index (χ3v) is 2.75. The van der Waals surface area contributed by atoms with Gasteiger partial charge in [-0.1, -0.05) is 13.3 Å². The number of carbonyl (C=O) groups excluding carboxylic acids is 1. The van der Waals surface area contributed by atoms with Crippen molar-refractivity contribution < 1.29 is 4.79 Å². The minimum absolute atomic E-state index is 0.0501. The summed E-state index contributed by atoms with van der Waals surface area (Å²) in [4.78, 5) is 13.5. The highest BCUT2D eigenvalue weighted by Gasteiger charge is 2.25. The molecule has 14 heavy (non-hydrogen) atoms. The molecule has 3 heteroatoms. The van der Waals surface area contributed by atoms with Crippen LogP contribution in [0.4, 0.5) is 0 Å². The number of hydrogen-bond donors (Lipinski definition) is 1. The first-order valence-electron chi connectivity index (χ1n) is 5.63. The Morgan fingerprint density at radius 3 is 2.71 bits per heavy atom. The lowest BCUT2D eigenvalue weighted by molar-refractivity contribution is -0.130. The Morgan fingerprint density at radius 1 is 1.57 bits per heavy atom. The molecule has 1 amide bonds. The molecule has 1 saturated carbocycles. The summed E-state index contributed by atoms with van der Waals surface area (Å²) in [5.74, 6) is 0.976. The molecule has 1 rings (SSSR count). The van der Waals surface area contributed by atoms with E-state index in [1.807, 2.05) is 11.9 Å². The summed E-state index contributed by atoms with van der Waals surface area (Å²) in [6.45, 7) is 3.02. The van der Waals surface area contributed by atoms with Gasteiger partial charge in [0, 0.05) is 26.1 Å². The second kappa shape index (κ2) is 5.35. The van der Waals surface area contributed by atoms with E-state index in [9.17, 15) is 4.79 Å². The van der Waals surface area contributed by atoms with Gasteiger partial charge in [0.2, 0.25) is 5.91 Å². The molecule has 0 bridgehead atoms. The van der Waals surface area contributed by atoms with Gasteiger partial charge >= 0.3 is 0 Å². The Hall–Kier alpha value is -0.570. The molecular formula is C11H22N2O. The standard InChI is InChI=1S/C11H22N2O/c1-3-4-10(12)7-11(14)13(2)8-9-5-6-9/h9-10H,3-8,12H2,1-2H3. The summed E-state index contributed by atoms with van der Waals surface area (Å²) in [6.07, 6.45) is 5.10. The lowest BCUT2D eigenvalue weighted by Crippen LogP contribution is -2.34. The van der Waals surface area contributed by atoms with Gasteiger partial charge in [0.15, 0.2) is 0 Å². The third kappa shape index (κ3) is 4.09. The fraction of sp³-hybridized carbons (Fsp3) is 0.909. The van der Waals surface area contributed by atoms with Crippen molar-refractivity contribution in [1.29, 1.82) is 0 Å². The first-order chi connectivity index (χ1) is 6.63. The number of amides is 1. The zero-order chi connectivity index (χ0) is 10.6. The van der Waals surface area contributed by atoms with Crippen LogP contribution < -0.4 is 5.73 Å². The van der Waals surface area contributed by atoms with E-state index >= 15 is 0 Å². The Kier molecular flexibility index (Phi) is 4.39. The molecule has 1 atom stereocenters. The minimum Gasteiger partial charge on any atom is -0.345 e. The van der Waals surface area contributed by atoms with Crippen molar-refractivity contribution in [3.63, 3.8) is 0 Å². The molecule has 1 unspecified atom stereocenters. The van der Waals surface area contributed by atoms with Gasteiger partial charge < -0.3 is 10.6 Å². The van der Waals surface area contributed by atoms with E-state index in [1.165, 1.54) is 12.8 Å². The van der Waals surface area contributed by atoms with Crippen molar-refractivity contribution in [3.05, 3.63) is 0 Å². The zero-order valence-corrected chi connectivity index (χ0v) is 9.33. The lowest BCUT2D eigenvalue weighted by Gasteiger charge is -2.19. The molecule has 1 aliphatic carbocycles. The molecule has 82 valence electrons. The second-order valence-corrected chi connectivity index (χ2v) is 4.47. The van der Waals surface area contributed by atoms with E-state index in [0.29, 0.717) is 6.42 Å². The van der Waals surface area contributed by atoms with E-state index in [2.05, 4.69) is 6.92 Å². The third-order valence-electron chi connectivity index (χ3n) is 2.75. The SMILES string of the molecule is CCCC(N)CC(=O)N(C)CC1CC1. The van der Waals surface area contributed by atoms with Crippen molar-refractivity contribution in [3.8, 4) is 0 Å². The summed E-state index contributed by atoms with van der Waals surface area (Å²) in [7, 11) is 1.89. The lowest BCUT2D eigenvalue weighted by atomic mass is 10.1. The van der Waals surface area contributed by atoms with E-state index in [0.717, 1.165) is 25.3 Å². The van der Waals surface area contributed by atoms with Gasteiger partial charge in [0.25, 0.3) is 0 Å². The summed E-state index contributed by atoms with van der Waals surface area (Å²) < 4.78 is 0. The molecule has 0 spiro atoms. The van der Waals surface area contributed by atoms with Crippen LogP contribution in [0.5, 0.6) is 0 Å². The molecule has 0 saturated heterocycles. The maximum absolute atomic E-state index is 11.6. The predicted molar refractivity (Wildman–Crippen MR) is 57.9 cm³/mol. The van der Waals surface area contributed by atoms with Gasteiger partial charge in [-0.15, -0.1) is 0 Å². The van der Waals surface area contributed by atoms with Gasteiger partial charge in [-0.25, -0.2) is 0 Å². The number of hydrogen-bond acceptors (Lipinski definition) is 2. The normalized spacial score (nSPS) is 17.9. The highest BCUT2D eigenvalue weighted by Crippen LogP contribution is 2.29. The summed E-state index contributed by atoms with van der Waals surface area (Å²) >= 11 is 0. The molecule has 0 aromatic rings. The molecule has 0 aromatic heterocycles. The van der Waals surface area contributed by atoms with Gasteiger partial charge in [-0.2, -0.15) is 0 Å². The van der Waals surface area contributed by atoms with E-state index in [1.54, 1.807) is 0 Å². The second-order valence-electron chi connectivity index (χ2n) is 4.47. The molecule has 1 fully saturated rings. The van der Waals surface area contributed by atoms with Crippen LogP contribution in [0.1, 0.15) is 39.0 Å². The predicted octanol–water partition coefficient (Wildman–Crippen LogP) is 1.37. The molecular weight excluding hydrogens is 176 g/mol. The van der Waals surface area contributed by atoms with Crippen LogP contribution >= 0.6 is 0 Å². The molecule has 0 radical (unpaired) electrons. The average molecular weight is 198 g/mol. The van der Waals surface area contributed by atoms with Crippen LogP contribution in [-0.4, -0.2) is 30.4 Å². The highest BCUT2D eigenvalue weighted by atomic mass is 16.2. The maximum atomic E-state index is 11.6. The van der Waals surface area contributed by atoms with Gasteiger partial charge in [0.1, 0.15) is 0 Å². The Labute approximate surface area is 86.6 Å². The van der Waals surface area contributed by atoms with Crippen molar-refractivity contribution in [2.75, 3.05) is 13.6 Å². The molecule has 1 aliphatic rings. The van der Waals surface area contributed by atoms with Crippen LogP contribution in [-0.2, 0) is 4.79 Å². The first-order valence-corrected chi connectivity index (χ1v) is 5.63. The van der Waals surface area contributed by atoms with E-state index < -0.39 is 0 Å². The molecule has 2 N–H and O–H groups in total. The molecule has 3 nitrogen and oxygen atoms in total. The quantitative estimate of drug-likeness (QED) is 0.700. The molecule has 0 aliphatic heterocycles. The average Bonchev–Trinajstić information content (AvgIpc) is 2.88. The Balaban J connectivity index is 2.17. The van der Waals surface area contributed by atoms with E-state index in [4.69, 9.17) is 5.73 Å². The summed E-state index contributed by atoms with van der Waals surface area (Å²) in [5.41, 5.74) is 5.82. The van der Waals surface area contributed by atoms with Crippen molar-refractivity contribution in [2.24, 2.45) is 11.7 Å². The van der Waals surface area contributed by atoms with Gasteiger partial charge in [-0.3, -0.25) is 4.79 Å². The fourth-order valence-electron chi connectivity index (χ4n) is 1.64. The van der Waals surface area contributed by atoms with E-state index in [-0.39, 0.29) is 11.9 Å². The van der Waals surface area contributed by atoms with Crippen LogP contribution in [0.3, 0.4) is 0 Å².